The number of aliphatic imine (C=N–C) groups is 1. The Morgan fingerprint density at radius 1 is 1.40 bits per heavy atom. The number of esters is 1. The molecular weight excluding hydrogens is 296 g/mol. The number of benzene rings is 1. The van der Waals surface area contributed by atoms with Gasteiger partial charge in [0.05, 0.1) is 23.1 Å². The number of hydrogen-bond acceptors (Lipinski definition) is 5. The smallest absolute Gasteiger partial charge is 0.337 e. The number of carbonyl (C=O) groups excluding carboxylic acids is 1. The number of thioether (sulfide) groups is 1. The van der Waals surface area contributed by atoms with Gasteiger partial charge in [-0.05, 0) is 19.4 Å². The molecule has 1 aliphatic rings. The summed E-state index contributed by atoms with van der Waals surface area (Å²) in [6.07, 6.45) is 0. The first-order chi connectivity index (χ1) is 9.13. The van der Waals surface area contributed by atoms with E-state index in [1.165, 1.54) is 11.8 Å². The van der Waals surface area contributed by atoms with Gasteiger partial charge in [-0.25, -0.2) is 9.79 Å². The van der Waals surface area contributed by atoms with Crippen LogP contribution in [0, 0.1) is 0 Å². The molecule has 20 heavy (non-hydrogen) atoms. The first-order valence-electron chi connectivity index (χ1n) is 6.07. The van der Waals surface area contributed by atoms with Gasteiger partial charge in [-0.2, -0.15) is 0 Å². The number of rotatable bonds is 3. The maximum atomic E-state index is 12.1. The lowest BCUT2D eigenvalue weighted by Gasteiger charge is -2.23. The minimum absolute atomic E-state index is 0. The van der Waals surface area contributed by atoms with Crippen LogP contribution in [0.25, 0.3) is 0 Å². The fourth-order valence-electron chi connectivity index (χ4n) is 1.95. The number of nitrogens with two attached hydrogens (primary N) is 1. The van der Waals surface area contributed by atoms with Crippen molar-refractivity contribution in [3.8, 4) is 0 Å². The lowest BCUT2D eigenvalue weighted by Crippen LogP contribution is -2.22. The van der Waals surface area contributed by atoms with E-state index in [0.29, 0.717) is 23.0 Å². The molecule has 1 aromatic rings. The van der Waals surface area contributed by atoms with Crippen molar-refractivity contribution in [2.75, 3.05) is 6.61 Å². The minimum atomic E-state index is -0.322. The second kappa shape index (κ2) is 7.36. The largest absolute Gasteiger partial charge is 0.463 e. The van der Waals surface area contributed by atoms with Gasteiger partial charge in [0.2, 0.25) is 0 Å². The van der Waals surface area contributed by atoms with Crippen LogP contribution in [0.3, 0.4) is 0 Å². The molecule has 2 N–H and O–H groups in total. The van der Waals surface area contributed by atoms with Gasteiger partial charge in [0.1, 0.15) is 0 Å². The second-order valence-electron chi connectivity index (χ2n) is 4.08. The zero-order valence-electron chi connectivity index (χ0n) is 11.3. The van der Waals surface area contributed by atoms with Gasteiger partial charge in [0, 0.05) is 0 Å². The fourth-order valence-corrected chi connectivity index (χ4v) is 3.06. The van der Waals surface area contributed by atoms with Gasteiger partial charge in [0.25, 0.3) is 0 Å². The van der Waals surface area contributed by atoms with Crippen molar-refractivity contribution in [1.82, 2.24) is 0 Å². The molecule has 1 atom stereocenters. The number of amidine groups is 1. The van der Waals surface area contributed by atoms with Gasteiger partial charge < -0.3 is 10.5 Å². The number of carbonyl (C=O) groups is 1. The summed E-state index contributed by atoms with van der Waals surface area (Å²) in [6.45, 7) is 3.93. The molecule has 0 amide bonds. The molecule has 1 heterocycles. The van der Waals surface area contributed by atoms with Crippen LogP contribution >= 0.6 is 24.2 Å². The number of allylic oxidation sites excluding steroid dienone is 1. The molecule has 108 valence electrons. The number of hydrogen-bond donors (Lipinski definition) is 1. The van der Waals surface area contributed by atoms with Gasteiger partial charge in [-0.1, -0.05) is 42.1 Å². The predicted octanol–water partition coefficient (Wildman–Crippen LogP) is 3.05. The molecule has 0 fully saturated rings. The monoisotopic (exact) mass is 312 g/mol. The molecule has 1 aliphatic heterocycles. The fraction of sp³-hybridized carbons (Fsp3) is 0.286. The summed E-state index contributed by atoms with van der Waals surface area (Å²) >= 11 is 1.37. The van der Waals surface area contributed by atoms with E-state index in [9.17, 15) is 4.79 Å². The molecule has 0 radical (unpaired) electrons. The predicted molar refractivity (Wildman–Crippen MR) is 85.0 cm³/mol. The average molecular weight is 313 g/mol. The molecule has 0 aromatic heterocycles. The van der Waals surface area contributed by atoms with Crippen LogP contribution < -0.4 is 5.73 Å². The summed E-state index contributed by atoms with van der Waals surface area (Å²) in [5.41, 5.74) is 8.04. The van der Waals surface area contributed by atoms with Crippen LogP contribution in [0.4, 0.5) is 0 Å². The molecule has 1 unspecified atom stereocenters. The van der Waals surface area contributed by atoms with E-state index in [0.717, 1.165) is 5.56 Å². The van der Waals surface area contributed by atoms with Crippen molar-refractivity contribution >= 4 is 35.3 Å². The van der Waals surface area contributed by atoms with Gasteiger partial charge in [0.15, 0.2) is 5.17 Å². The van der Waals surface area contributed by atoms with Gasteiger partial charge in [-0.15, -0.1) is 12.4 Å². The van der Waals surface area contributed by atoms with Crippen molar-refractivity contribution in [1.29, 1.82) is 0 Å². The van der Waals surface area contributed by atoms with Crippen molar-refractivity contribution in [2.45, 2.75) is 19.1 Å². The highest BCUT2D eigenvalue weighted by Gasteiger charge is 2.30. The topological polar surface area (TPSA) is 64.7 Å². The van der Waals surface area contributed by atoms with E-state index in [2.05, 4.69) is 4.99 Å². The lowest BCUT2D eigenvalue weighted by molar-refractivity contribution is -0.138. The van der Waals surface area contributed by atoms with Crippen LogP contribution in [0.5, 0.6) is 0 Å². The Morgan fingerprint density at radius 3 is 2.65 bits per heavy atom. The van der Waals surface area contributed by atoms with E-state index >= 15 is 0 Å². The number of nitrogens with zero attached hydrogens (tertiary/aromatic N) is 1. The standard InChI is InChI=1S/C14H16N2O2S.ClH/c1-3-18-13(17)11-9(2)16-14(15)19-12(11)10-7-5-4-6-8-10;/h4-8,12H,3H2,1-2H3,(H2,15,16);1H. The summed E-state index contributed by atoms with van der Waals surface area (Å²) in [6, 6.07) is 9.77. The Bertz CT molecular complexity index is 543. The van der Waals surface area contributed by atoms with Crippen LogP contribution in [0.1, 0.15) is 24.7 Å². The van der Waals surface area contributed by atoms with Crippen LogP contribution in [0.2, 0.25) is 0 Å². The molecule has 2 rings (SSSR count). The minimum Gasteiger partial charge on any atom is -0.463 e. The molecule has 0 bridgehead atoms. The summed E-state index contributed by atoms with van der Waals surface area (Å²) in [5.74, 6) is -0.322. The molecule has 0 aliphatic carbocycles. The molecule has 4 nitrogen and oxygen atoms in total. The van der Waals surface area contributed by atoms with Crippen LogP contribution in [0.15, 0.2) is 46.6 Å². The second-order valence-corrected chi connectivity index (χ2v) is 5.20. The first kappa shape index (κ1) is 16.6. The third kappa shape index (κ3) is 3.55. The SMILES string of the molecule is CCOC(=O)C1=C(C)N=C(N)SC1c1ccccc1.Cl. The van der Waals surface area contributed by atoms with E-state index in [1.54, 1.807) is 13.8 Å². The molecule has 0 saturated heterocycles. The maximum Gasteiger partial charge on any atom is 0.337 e. The average Bonchev–Trinajstić information content (AvgIpc) is 2.39. The Balaban J connectivity index is 0.00000200. The van der Waals surface area contributed by atoms with E-state index < -0.39 is 0 Å². The van der Waals surface area contributed by atoms with Crippen molar-refractivity contribution in [2.24, 2.45) is 10.7 Å². The maximum absolute atomic E-state index is 12.1. The first-order valence-corrected chi connectivity index (χ1v) is 6.95. The molecule has 0 saturated carbocycles. The Morgan fingerprint density at radius 2 is 2.05 bits per heavy atom. The Kier molecular flexibility index (Phi) is 6.10. The lowest BCUT2D eigenvalue weighted by atomic mass is 10.0. The van der Waals surface area contributed by atoms with Crippen LogP contribution in [-0.4, -0.2) is 17.7 Å². The highest BCUT2D eigenvalue weighted by molar-refractivity contribution is 8.14. The third-order valence-corrected chi connectivity index (χ3v) is 3.84. The third-order valence-electron chi connectivity index (χ3n) is 2.77. The summed E-state index contributed by atoms with van der Waals surface area (Å²) in [5, 5.41) is 0.317. The summed E-state index contributed by atoms with van der Waals surface area (Å²) < 4.78 is 5.12. The molecule has 0 spiro atoms. The Labute approximate surface area is 128 Å². The van der Waals surface area contributed by atoms with E-state index in [4.69, 9.17) is 10.5 Å². The summed E-state index contributed by atoms with van der Waals surface area (Å²) in [7, 11) is 0. The van der Waals surface area contributed by atoms with Crippen molar-refractivity contribution in [3.63, 3.8) is 0 Å². The normalized spacial score (nSPS) is 18.1. The zero-order chi connectivity index (χ0) is 13.8. The van der Waals surface area contributed by atoms with E-state index in [1.807, 2.05) is 30.3 Å². The zero-order valence-corrected chi connectivity index (χ0v) is 13.0. The number of ether oxygens (including phenoxy) is 1. The van der Waals surface area contributed by atoms with Crippen LogP contribution in [-0.2, 0) is 9.53 Å². The van der Waals surface area contributed by atoms with E-state index in [-0.39, 0.29) is 23.6 Å². The highest BCUT2D eigenvalue weighted by Crippen LogP contribution is 2.41. The number of halogens is 1. The molecule has 1 aromatic carbocycles. The van der Waals surface area contributed by atoms with Crippen molar-refractivity contribution in [3.05, 3.63) is 47.2 Å². The van der Waals surface area contributed by atoms with Crippen molar-refractivity contribution < 1.29 is 9.53 Å². The molecular formula is C14H17ClN2O2S. The molecule has 6 heteroatoms. The van der Waals surface area contributed by atoms with Gasteiger partial charge in [-0.3, -0.25) is 0 Å². The van der Waals surface area contributed by atoms with Gasteiger partial charge >= 0.3 is 5.97 Å². The quantitative estimate of drug-likeness (QED) is 0.871. The highest BCUT2D eigenvalue weighted by atomic mass is 35.5. The summed E-state index contributed by atoms with van der Waals surface area (Å²) in [4.78, 5) is 16.3. The Hall–Kier alpha value is -1.46.